The maximum atomic E-state index is 13.6. The van der Waals surface area contributed by atoms with Gasteiger partial charge in [0, 0.05) is 33.1 Å². The number of thiophene rings is 1. The van der Waals surface area contributed by atoms with Crippen molar-refractivity contribution in [2.45, 2.75) is 31.3 Å². The zero-order valence-corrected chi connectivity index (χ0v) is 19.7. The monoisotopic (exact) mass is 484 g/mol. The number of carbonyl (C=O) groups excluding carboxylic acids is 2. The lowest BCUT2D eigenvalue weighted by atomic mass is 9.93. The second kappa shape index (κ2) is 8.89. The van der Waals surface area contributed by atoms with Gasteiger partial charge in [0.15, 0.2) is 0 Å². The summed E-state index contributed by atoms with van der Waals surface area (Å²) >= 11 is 14.4. The first kappa shape index (κ1) is 21.5. The van der Waals surface area contributed by atoms with Crippen LogP contribution in [0.2, 0.25) is 10.0 Å². The van der Waals surface area contributed by atoms with Gasteiger partial charge < -0.3 is 9.80 Å². The van der Waals surface area contributed by atoms with E-state index in [-0.39, 0.29) is 30.4 Å². The van der Waals surface area contributed by atoms with E-state index in [0.29, 0.717) is 22.2 Å². The minimum atomic E-state index is -0.282. The molecule has 5 rings (SSSR count). The van der Waals surface area contributed by atoms with E-state index >= 15 is 0 Å². The summed E-state index contributed by atoms with van der Waals surface area (Å²) in [6.07, 6.45) is 2.68. The molecule has 0 spiro atoms. The van der Waals surface area contributed by atoms with Gasteiger partial charge in [-0.2, -0.15) is 0 Å². The van der Waals surface area contributed by atoms with Crippen LogP contribution in [0, 0.1) is 0 Å². The Hall–Kier alpha value is -2.34. The maximum Gasteiger partial charge on any atom is 0.254 e. The van der Waals surface area contributed by atoms with Gasteiger partial charge in [0.25, 0.3) is 5.91 Å². The summed E-state index contributed by atoms with van der Waals surface area (Å²) < 4.78 is 0. The summed E-state index contributed by atoms with van der Waals surface area (Å²) in [6, 6.07) is 16.5. The lowest BCUT2D eigenvalue weighted by Crippen LogP contribution is -2.47. The molecular formula is C25H22Cl2N2O2S. The van der Waals surface area contributed by atoms with E-state index in [1.54, 1.807) is 34.4 Å². The molecule has 7 heteroatoms. The molecular weight excluding hydrogens is 463 g/mol. The molecule has 164 valence electrons. The smallest absolute Gasteiger partial charge is 0.254 e. The van der Waals surface area contributed by atoms with Crippen LogP contribution in [0.4, 0.5) is 0 Å². The highest BCUT2D eigenvalue weighted by molar-refractivity contribution is 7.10. The van der Waals surface area contributed by atoms with Gasteiger partial charge in [-0.05, 0) is 66.1 Å². The first-order chi connectivity index (χ1) is 15.5. The Morgan fingerprint density at radius 2 is 1.81 bits per heavy atom. The fraction of sp³-hybridized carbons (Fsp3) is 0.280. The van der Waals surface area contributed by atoms with E-state index in [1.165, 1.54) is 4.88 Å². The highest BCUT2D eigenvalue weighted by atomic mass is 35.5. The van der Waals surface area contributed by atoms with Crippen molar-refractivity contribution in [1.82, 2.24) is 9.80 Å². The first-order valence-corrected chi connectivity index (χ1v) is 12.3. The van der Waals surface area contributed by atoms with Crippen LogP contribution in [-0.2, 0) is 11.2 Å². The lowest BCUT2D eigenvalue weighted by Gasteiger charge is -2.38. The fourth-order valence-corrected chi connectivity index (χ4v) is 5.80. The van der Waals surface area contributed by atoms with Crippen molar-refractivity contribution < 1.29 is 9.59 Å². The highest BCUT2D eigenvalue weighted by Gasteiger charge is 2.38. The predicted octanol–water partition coefficient (Wildman–Crippen LogP) is 5.83. The van der Waals surface area contributed by atoms with Crippen molar-refractivity contribution in [2.75, 3.05) is 13.1 Å². The van der Waals surface area contributed by atoms with Crippen molar-refractivity contribution in [3.05, 3.63) is 91.6 Å². The summed E-state index contributed by atoms with van der Waals surface area (Å²) in [6.45, 7) is 0.660. The van der Waals surface area contributed by atoms with Crippen molar-refractivity contribution >= 4 is 46.4 Å². The van der Waals surface area contributed by atoms with E-state index < -0.39 is 0 Å². The Bertz CT molecular complexity index is 1160. The largest absolute Gasteiger partial charge is 0.330 e. The van der Waals surface area contributed by atoms with Gasteiger partial charge in [0.1, 0.15) is 6.54 Å². The zero-order valence-electron chi connectivity index (χ0n) is 17.3. The summed E-state index contributed by atoms with van der Waals surface area (Å²) in [7, 11) is 0. The number of amides is 2. The third-order valence-electron chi connectivity index (χ3n) is 6.12. The van der Waals surface area contributed by atoms with Gasteiger partial charge in [0.05, 0.1) is 6.04 Å². The number of halogens is 2. The fourth-order valence-electron chi connectivity index (χ4n) is 4.38. The van der Waals surface area contributed by atoms with Gasteiger partial charge in [-0.25, -0.2) is 0 Å². The Balaban J connectivity index is 1.45. The molecule has 4 nitrogen and oxygen atoms in total. The predicted molar refractivity (Wildman–Crippen MR) is 129 cm³/mol. The Morgan fingerprint density at radius 1 is 1.03 bits per heavy atom. The SMILES string of the molecule is O=C(c1ccccc1)N(CC(=O)N1CCc2sccc2C1c1ccc(Cl)cc1Cl)C1CC1. The van der Waals surface area contributed by atoms with Gasteiger partial charge in [-0.15, -0.1) is 11.3 Å². The summed E-state index contributed by atoms with van der Waals surface area (Å²) in [5.74, 6) is -0.148. The molecule has 1 unspecified atom stereocenters. The van der Waals surface area contributed by atoms with Crippen LogP contribution in [0.25, 0.3) is 0 Å². The van der Waals surface area contributed by atoms with Crippen molar-refractivity contribution in [1.29, 1.82) is 0 Å². The van der Waals surface area contributed by atoms with E-state index in [0.717, 1.165) is 30.4 Å². The van der Waals surface area contributed by atoms with Crippen LogP contribution in [0.3, 0.4) is 0 Å². The van der Waals surface area contributed by atoms with Crippen molar-refractivity contribution in [2.24, 2.45) is 0 Å². The standard InChI is InChI=1S/C25H22Cl2N2O2S/c26-17-6-9-19(21(27)14-17)24-20-11-13-32-22(20)10-12-28(24)23(30)15-29(18-7-8-18)25(31)16-4-2-1-3-5-16/h1-6,9,11,13-14,18,24H,7-8,10,12,15H2. The number of benzene rings is 2. The van der Waals surface area contributed by atoms with E-state index in [1.807, 2.05) is 35.2 Å². The number of fused-ring (bicyclic) bond motifs is 1. The zero-order chi connectivity index (χ0) is 22.2. The van der Waals surface area contributed by atoms with Crippen LogP contribution in [0.15, 0.2) is 60.0 Å². The van der Waals surface area contributed by atoms with Gasteiger partial charge in [0.2, 0.25) is 5.91 Å². The summed E-state index contributed by atoms with van der Waals surface area (Å²) in [5.41, 5.74) is 2.57. The molecule has 0 bridgehead atoms. The molecule has 1 saturated carbocycles. The first-order valence-electron chi connectivity index (χ1n) is 10.7. The minimum Gasteiger partial charge on any atom is -0.330 e. The second-order valence-corrected chi connectivity index (χ2v) is 10.1. The molecule has 0 saturated heterocycles. The molecule has 2 heterocycles. The summed E-state index contributed by atoms with van der Waals surface area (Å²) in [5, 5.41) is 3.16. The highest BCUT2D eigenvalue weighted by Crippen LogP contribution is 2.41. The second-order valence-electron chi connectivity index (χ2n) is 8.23. The Labute approximate surface area is 201 Å². The molecule has 1 fully saturated rings. The molecule has 32 heavy (non-hydrogen) atoms. The average molecular weight is 485 g/mol. The Kier molecular flexibility index (Phi) is 5.97. The normalized spacial score (nSPS) is 17.7. The van der Waals surface area contributed by atoms with E-state index in [2.05, 4.69) is 11.4 Å². The van der Waals surface area contributed by atoms with Crippen LogP contribution in [0.1, 0.15) is 45.2 Å². The molecule has 1 aliphatic carbocycles. The molecule has 0 N–H and O–H groups in total. The van der Waals surface area contributed by atoms with Crippen LogP contribution >= 0.6 is 34.5 Å². The minimum absolute atomic E-state index is 0.0611. The van der Waals surface area contributed by atoms with Crippen LogP contribution in [-0.4, -0.2) is 40.7 Å². The van der Waals surface area contributed by atoms with Crippen LogP contribution < -0.4 is 0 Å². The molecule has 2 amide bonds. The maximum absolute atomic E-state index is 13.6. The topological polar surface area (TPSA) is 40.6 Å². The number of rotatable bonds is 5. The number of carbonyl (C=O) groups is 2. The average Bonchev–Trinajstić information content (AvgIpc) is 3.53. The molecule has 0 radical (unpaired) electrons. The van der Waals surface area contributed by atoms with E-state index in [4.69, 9.17) is 23.2 Å². The lowest BCUT2D eigenvalue weighted by molar-refractivity contribution is -0.134. The van der Waals surface area contributed by atoms with Crippen molar-refractivity contribution in [3.8, 4) is 0 Å². The van der Waals surface area contributed by atoms with Gasteiger partial charge in [-0.3, -0.25) is 9.59 Å². The number of hydrogen-bond acceptors (Lipinski definition) is 3. The molecule has 1 aromatic heterocycles. The van der Waals surface area contributed by atoms with Gasteiger partial charge in [-0.1, -0.05) is 47.5 Å². The Morgan fingerprint density at radius 3 is 2.53 bits per heavy atom. The van der Waals surface area contributed by atoms with E-state index in [9.17, 15) is 9.59 Å². The summed E-state index contributed by atoms with van der Waals surface area (Å²) in [4.78, 5) is 31.7. The third kappa shape index (κ3) is 4.17. The molecule has 2 aromatic carbocycles. The number of hydrogen-bond donors (Lipinski definition) is 0. The molecule has 3 aromatic rings. The quantitative estimate of drug-likeness (QED) is 0.456. The number of nitrogens with zero attached hydrogens (tertiary/aromatic N) is 2. The molecule has 1 atom stereocenters. The molecule has 2 aliphatic rings. The molecule has 1 aliphatic heterocycles. The van der Waals surface area contributed by atoms with Crippen molar-refractivity contribution in [3.63, 3.8) is 0 Å². The van der Waals surface area contributed by atoms with Gasteiger partial charge >= 0.3 is 0 Å². The van der Waals surface area contributed by atoms with Crippen LogP contribution in [0.5, 0.6) is 0 Å². The third-order valence-corrected chi connectivity index (χ3v) is 7.68.